The molecule has 0 aliphatic heterocycles. The van der Waals surface area contributed by atoms with Crippen LogP contribution in [0.3, 0.4) is 0 Å². The summed E-state index contributed by atoms with van der Waals surface area (Å²) in [6.45, 7) is 0.890. The van der Waals surface area contributed by atoms with Crippen molar-refractivity contribution < 1.29 is 0 Å². The fourth-order valence-electron chi connectivity index (χ4n) is 2.01. The third kappa shape index (κ3) is 3.77. The Morgan fingerprint density at radius 3 is 2.65 bits per heavy atom. The molecule has 20 heavy (non-hydrogen) atoms. The van der Waals surface area contributed by atoms with Crippen LogP contribution in [0.25, 0.3) is 0 Å². The van der Waals surface area contributed by atoms with E-state index >= 15 is 0 Å². The molecular weight excluding hydrogens is 334 g/mol. The third-order valence-corrected chi connectivity index (χ3v) is 3.83. The Balaban J connectivity index is 2.13. The first-order chi connectivity index (χ1) is 9.58. The first-order valence-corrected chi connectivity index (χ1v) is 7.47. The lowest BCUT2D eigenvalue weighted by atomic mass is 10.1. The van der Waals surface area contributed by atoms with Crippen LogP contribution < -0.4 is 10.6 Å². The zero-order valence-corrected chi connectivity index (χ0v) is 13.6. The van der Waals surface area contributed by atoms with Crippen molar-refractivity contribution >= 4 is 38.8 Å². The molecule has 0 radical (unpaired) electrons. The van der Waals surface area contributed by atoms with Crippen molar-refractivity contribution in [2.75, 3.05) is 18.5 Å². The Bertz CT molecular complexity index is 601. The van der Waals surface area contributed by atoms with Crippen molar-refractivity contribution in [3.63, 3.8) is 0 Å². The van der Waals surface area contributed by atoms with Gasteiger partial charge in [-0.3, -0.25) is 4.98 Å². The number of nitrogens with zero attached hydrogens (tertiary/aromatic N) is 2. The summed E-state index contributed by atoms with van der Waals surface area (Å²) < 4.78 is 0.978. The minimum Gasteiger partial charge on any atom is -0.389 e. The maximum Gasteiger partial charge on any atom is 0.106 e. The molecule has 2 aromatic rings. The lowest BCUT2D eigenvalue weighted by Gasteiger charge is -2.22. The van der Waals surface area contributed by atoms with Gasteiger partial charge in [-0.15, -0.1) is 0 Å². The van der Waals surface area contributed by atoms with Crippen LogP contribution in [-0.4, -0.2) is 23.6 Å². The van der Waals surface area contributed by atoms with Crippen molar-refractivity contribution in [3.8, 4) is 0 Å². The van der Waals surface area contributed by atoms with Crippen LogP contribution in [0.5, 0.6) is 0 Å². The summed E-state index contributed by atoms with van der Waals surface area (Å²) in [5, 5.41) is 0. The summed E-state index contributed by atoms with van der Waals surface area (Å²) in [7, 11) is 2.05. The third-order valence-electron chi connectivity index (χ3n) is 3.12. The van der Waals surface area contributed by atoms with Gasteiger partial charge in [0, 0.05) is 41.7 Å². The molecule has 0 spiro atoms. The number of pyridine rings is 1. The second-order valence-corrected chi connectivity index (χ2v) is 5.91. The van der Waals surface area contributed by atoms with Crippen LogP contribution in [0.15, 0.2) is 47.2 Å². The molecule has 3 nitrogen and oxygen atoms in total. The molecule has 0 saturated heterocycles. The van der Waals surface area contributed by atoms with Crippen molar-refractivity contribution in [2.45, 2.75) is 6.42 Å². The molecule has 0 unspecified atom stereocenters. The van der Waals surface area contributed by atoms with E-state index in [0.717, 1.165) is 28.7 Å². The van der Waals surface area contributed by atoms with Crippen molar-refractivity contribution in [2.24, 2.45) is 5.73 Å². The highest BCUT2D eigenvalue weighted by atomic mass is 79.9. The van der Waals surface area contributed by atoms with E-state index in [4.69, 9.17) is 18.0 Å². The first kappa shape index (κ1) is 14.9. The Hall–Kier alpha value is -1.46. The maximum atomic E-state index is 5.80. The smallest absolute Gasteiger partial charge is 0.106 e. The average Bonchev–Trinajstić information content (AvgIpc) is 2.45. The fraction of sp³-hybridized carbons (Fsp3) is 0.200. The van der Waals surface area contributed by atoms with E-state index in [9.17, 15) is 0 Å². The van der Waals surface area contributed by atoms with Gasteiger partial charge in [0.2, 0.25) is 0 Å². The van der Waals surface area contributed by atoms with E-state index in [0.29, 0.717) is 4.99 Å². The van der Waals surface area contributed by atoms with Crippen molar-refractivity contribution in [1.82, 2.24) is 4.98 Å². The molecule has 104 valence electrons. The molecule has 2 N–H and O–H groups in total. The van der Waals surface area contributed by atoms with Crippen LogP contribution in [0, 0.1) is 0 Å². The van der Waals surface area contributed by atoms with Crippen molar-refractivity contribution in [3.05, 3.63) is 58.3 Å². The van der Waals surface area contributed by atoms with E-state index in [1.54, 1.807) is 0 Å². The van der Waals surface area contributed by atoms with Gasteiger partial charge in [-0.05, 0) is 42.3 Å². The van der Waals surface area contributed by atoms with E-state index < -0.39 is 0 Å². The summed E-state index contributed by atoms with van der Waals surface area (Å²) in [6, 6.07) is 10.1. The normalized spacial score (nSPS) is 10.3. The quantitative estimate of drug-likeness (QED) is 0.842. The highest BCUT2D eigenvalue weighted by Gasteiger charge is 2.10. The number of halogens is 1. The number of anilines is 1. The Labute approximate surface area is 132 Å². The van der Waals surface area contributed by atoms with Gasteiger partial charge in [0.25, 0.3) is 0 Å². The van der Waals surface area contributed by atoms with Crippen LogP contribution in [-0.2, 0) is 6.42 Å². The molecule has 0 amide bonds. The van der Waals surface area contributed by atoms with Gasteiger partial charge in [0.15, 0.2) is 0 Å². The minimum atomic E-state index is 0.414. The van der Waals surface area contributed by atoms with Crippen LogP contribution in [0.4, 0.5) is 5.69 Å². The van der Waals surface area contributed by atoms with Crippen LogP contribution in [0.1, 0.15) is 11.1 Å². The van der Waals surface area contributed by atoms with Gasteiger partial charge in [0.1, 0.15) is 4.99 Å². The predicted octanol–water partition coefficient (Wildman–Crippen LogP) is 3.16. The van der Waals surface area contributed by atoms with Crippen LogP contribution in [0.2, 0.25) is 0 Å². The highest BCUT2D eigenvalue weighted by molar-refractivity contribution is 9.10. The number of nitrogens with two attached hydrogens (primary N) is 1. The molecule has 0 saturated carbocycles. The standard InChI is InChI=1S/C15H16BrN3S/c1-19(9-6-11-4-7-18-8-5-11)14-3-2-12(16)10-13(14)15(17)20/h2-5,7-8,10H,6,9H2,1H3,(H2,17,20). The largest absolute Gasteiger partial charge is 0.389 e. The van der Waals surface area contributed by atoms with E-state index in [1.165, 1.54) is 5.56 Å². The van der Waals surface area contributed by atoms with Gasteiger partial charge in [0.05, 0.1) is 0 Å². The first-order valence-electron chi connectivity index (χ1n) is 6.27. The summed E-state index contributed by atoms with van der Waals surface area (Å²) in [5.41, 5.74) is 9.01. The zero-order chi connectivity index (χ0) is 14.5. The monoisotopic (exact) mass is 349 g/mol. The van der Waals surface area contributed by atoms with E-state index in [2.05, 4.69) is 25.8 Å². The topological polar surface area (TPSA) is 42.2 Å². The van der Waals surface area contributed by atoms with Gasteiger partial charge >= 0.3 is 0 Å². The molecule has 0 aliphatic carbocycles. The van der Waals surface area contributed by atoms with Gasteiger partial charge in [-0.2, -0.15) is 0 Å². The Morgan fingerprint density at radius 1 is 1.30 bits per heavy atom. The molecule has 1 aromatic carbocycles. The summed E-state index contributed by atoms with van der Waals surface area (Å²) in [4.78, 5) is 6.61. The number of likely N-dealkylation sites (N-methyl/N-ethyl adjacent to an activating group) is 1. The Kier molecular flexibility index (Phi) is 5.09. The summed E-state index contributed by atoms with van der Waals surface area (Å²) in [5.74, 6) is 0. The Morgan fingerprint density at radius 2 is 2.00 bits per heavy atom. The second kappa shape index (κ2) is 6.81. The number of aromatic nitrogens is 1. The second-order valence-electron chi connectivity index (χ2n) is 4.55. The predicted molar refractivity (Wildman–Crippen MR) is 91.2 cm³/mol. The van der Waals surface area contributed by atoms with Gasteiger partial charge in [-0.1, -0.05) is 28.1 Å². The lowest BCUT2D eigenvalue weighted by Crippen LogP contribution is -2.24. The fourth-order valence-corrected chi connectivity index (χ4v) is 2.53. The number of thiocarbonyl (C=S) groups is 1. The molecule has 2 rings (SSSR count). The van der Waals surface area contributed by atoms with Crippen molar-refractivity contribution in [1.29, 1.82) is 0 Å². The lowest BCUT2D eigenvalue weighted by molar-refractivity contribution is 0.874. The summed E-state index contributed by atoms with van der Waals surface area (Å²) in [6.07, 6.45) is 4.58. The average molecular weight is 350 g/mol. The zero-order valence-electron chi connectivity index (χ0n) is 11.2. The van der Waals surface area contributed by atoms with Gasteiger partial charge < -0.3 is 10.6 Å². The molecule has 0 bridgehead atoms. The van der Waals surface area contributed by atoms with Gasteiger partial charge in [-0.25, -0.2) is 0 Å². The SMILES string of the molecule is CN(CCc1ccncc1)c1ccc(Br)cc1C(N)=S. The maximum absolute atomic E-state index is 5.80. The molecule has 0 fully saturated rings. The van der Waals surface area contributed by atoms with Crippen LogP contribution >= 0.6 is 28.1 Å². The molecular formula is C15H16BrN3S. The number of hydrogen-bond acceptors (Lipinski definition) is 3. The summed E-state index contributed by atoms with van der Waals surface area (Å²) >= 11 is 8.58. The molecule has 1 aromatic heterocycles. The number of benzene rings is 1. The van der Waals surface area contributed by atoms with E-state index in [-0.39, 0.29) is 0 Å². The minimum absolute atomic E-state index is 0.414. The number of hydrogen-bond donors (Lipinski definition) is 1. The van der Waals surface area contributed by atoms with E-state index in [1.807, 2.05) is 49.8 Å². The molecule has 0 aliphatic rings. The number of rotatable bonds is 5. The highest BCUT2D eigenvalue weighted by Crippen LogP contribution is 2.24. The molecule has 0 atom stereocenters. The molecule has 5 heteroatoms. The molecule has 1 heterocycles.